The molecule has 3 aromatic rings. The summed E-state index contributed by atoms with van der Waals surface area (Å²) in [6.45, 7) is 1.77. The van der Waals surface area contributed by atoms with E-state index in [4.69, 9.17) is 11.6 Å². The van der Waals surface area contributed by atoms with Gasteiger partial charge in [-0.15, -0.1) is 11.6 Å². The first-order chi connectivity index (χ1) is 9.56. The SMILES string of the molecule is CC(Cl)c1nc2ccc(F)cc2n1-c1cccc(F)c1. The van der Waals surface area contributed by atoms with Crippen molar-refractivity contribution in [2.24, 2.45) is 0 Å². The van der Waals surface area contributed by atoms with Crippen LogP contribution in [0.15, 0.2) is 42.5 Å². The standard InChI is InChI=1S/C15H11ClF2N2/c1-9(16)15-19-13-6-5-11(18)8-14(13)20(15)12-4-2-3-10(17)7-12/h2-9H,1H3. The van der Waals surface area contributed by atoms with E-state index in [9.17, 15) is 8.78 Å². The lowest BCUT2D eigenvalue weighted by Gasteiger charge is -2.10. The Kier molecular flexibility index (Phi) is 3.18. The minimum absolute atomic E-state index is 0.367. The largest absolute Gasteiger partial charge is 0.295 e. The van der Waals surface area contributed by atoms with Gasteiger partial charge in [-0.3, -0.25) is 4.57 Å². The molecule has 102 valence electrons. The first kappa shape index (κ1) is 13.1. The zero-order chi connectivity index (χ0) is 14.3. The summed E-state index contributed by atoms with van der Waals surface area (Å²) in [6, 6.07) is 10.4. The van der Waals surface area contributed by atoms with Crippen molar-refractivity contribution in [3.63, 3.8) is 0 Å². The summed E-state index contributed by atoms with van der Waals surface area (Å²) in [5.41, 5.74) is 1.76. The topological polar surface area (TPSA) is 17.8 Å². The van der Waals surface area contributed by atoms with Crippen molar-refractivity contribution >= 4 is 22.6 Å². The fraction of sp³-hybridized carbons (Fsp3) is 0.133. The first-order valence-electron chi connectivity index (χ1n) is 6.14. The maximum Gasteiger partial charge on any atom is 0.132 e. The molecular weight excluding hydrogens is 282 g/mol. The van der Waals surface area contributed by atoms with Gasteiger partial charge in [0.05, 0.1) is 22.1 Å². The van der Waals surface area contributed by atoms with Crippen LogP contribution in [0.4, 0.5) is 8.78 Å². The molecule has 0 spiro atoms. The molecule has 2 nitrogen and oxygen atoms in total. The molecular formula is C15H11ClF2N2. The highest BCUT2D eigenvalue weighted by molar-refractivity contribution is 6.20. The Balaban J connectivity index is 2.36. The summed E-state index contributed by atoms with van der Waals surface area (Å²) in [5, 5.41) is -0.381. The van der Waals surface area contributed by atoms with Crippen LogP contribution in [0.3, 0.4) is 0 Å². The van der Waals surface area contributed by atoms with Gasteiger partial charge in [0.2, 0.25) is 0 Å². The number of rotatable bonds is 2. The Morgan fingerprint density at radius 3 is 2.55 bits per heavy atom. The first-order valence-corrected chi connectivity index (χ1v) is 6.58. The van der Waals surface area contributed by atoms with E-state index in [1.54, 1.807) is 29.7 Å². The highest BCUT2D eigenvalue weighted by Gasteiger charge is 2.17. The summed E-state index contributed by atoms with van der Waals surface area (Å²) in [5.74, 6) is -0.185. The maximum absolute atomic E-state index is 13.5. The Hall–Kier alpha value is -1.94. The van der Waals surface area contributed by atoms with E-state index in [2.05, 4.69) is 4.98 Å². The Morgan fingerprint density at radius 1 is 1.10 bits per heavy atom. The van der Waals surface area contributed by atoms with Gasteiger partial charge in [0.15, 0.2) is 0 Å². The van der Waals surface area contributed by atoms with Crippen molar-refractivity contribution < 1.29 is 8.78 Å². The van der Waals surface area contributed by atoms with Gasteiger partial charge < -0.3 is 0 Å². The molecule has 2 aromatic carbocycles. The van der Waals surface area contributed by atoms with Crippen molar-refractivity contribution in [3.8, 4) is 5.69 Å². The summed E-state index contributed by atoms with van der Waals surface area (Å²) in [4.78, 5) is 4.40. The van der Waals surface area contributed by atoms with E-state index < -0.39 is 0 Å². The minimum atomic E-state index is -0.381. The predicted molar refractivity (Wildman–Crippen MR) is 75.3 cm³/mol. The van der Waals surface area contributed by atoms with Crippen molar-refractivity contribution in [2.75, 3.05) is 0 Å². The molecule has 0 radical (unpaired) electrons. The van der Waals surface area contributed by atoms with Crippen LogP contribution in [0.25, 0.3) is 16.7 Å². The Labute approximate surface area is 119 Å². The van der Waals surface area contributed by atoms with Crippen molar-refractivity contribution in [2.45, 2.75) is 12.3 Å². The third-order valence-electron chi connectivity index (χ3n) is 3.06. The number of imidazole rings is 1. The van der Waals surface area contributed by atoms with Crippen LogP contribution in [0.2, 0.25) is 0 Å². The predicted octanol–water partition coefficient (Wildman–Crippen LogP) is 4.60. The van der Waals surface area contributed by atoms with Gasteiger partial charge in [0.1, 0.15) is 17.5 Å². The number of nitrogens with zero attached hydrogens (tertiary/aromatic N) is 2. The lowest BCUT2D eigenvalue weighted by Crippen LogP contribution is -2.02. The molecule has 1 heterocycles. The van der Waals surface area contributed by atoms with Crippen LogP contribution in [0.5, 0.6) is 0 Å². The monoisotopic (exact) mass is 292 g/mol. The molecule has 20 heavy (non-hydrogen) atoms. The number of aromatic nitrogens is 2. The van der Waals surface area contributed by atoms with Gasteiger partial charge in [0.25, 0.3) is 0 Å². The normalized spacial score (nSPS) is 12.8. The molecule has 0 aliphatic heterocycles. The van der Waals surface area contributed by atoms with E-state index in [1.165, 1.54) is 24.3 Å². The maximum atomic E-state index is 13.5. The van der Waals surface area contributed by atoms with Crippen LogP contribution >= 0.6 is 11.6 Å². The lowest BCUT2D eigenvalue weighted by atomic mass is 10.2. The quantitative estimate of drug-likeness (QED) is 0.631. The number of hydrogen-bond acceptors (Lipinski definition) is 1. The van der Waals surface area contributed by atoms with Crippen LogP contribution < -0.4 is 0 Å². The van der Waals surface area contributed by atoms with E-state index in [0.29, 0.717) is 22.5 Å². The minimum Gasteiger partial charge on any atom is -0.295 e. The molecule has 0 aliphatic rings. The molecule has 5 heteroatoms. The molecule has 0 bridgehead atoms. The summed E-state index contributed by atoms with van der Waals surface area (Å²) in [7, 11) is 0. The van der Waals surface area contributed by atoms with Crippen molar-refractivity contribution in [1.29, 1.82) is 0 Å². The number of hydrogen-bond donors (Lipinski definition) is 0. The fourth-order valence-electron chi connectivity index (χ4n) is 2.22. The molecule has 0 fully saturated rings. The second-order valence-electron chi connectivity index (χ2n) is 4.53. The average Bonchev–Trinajstić information content (AvgIpc) is 2.77. The van der Waals surface area contributed by atoms with Gasteiger partial charge in [-0.05, 0) is 37.3 Å². The molecule has 1 atom stereocenters. The number of fused-ring (bicyclic) bond motifs is 1. The molecule has 1 unspecified atom stereocenters. The van der Waals surface area contributed by atoms with Crippen molar-refractivity contribution in [1.82, 2.24) is 9.55 Å². The van der Waals surface area contributed by atoms with Gasteiger partial charge in [-0.25, -0.2) is 13.8 Å². The highest BCUT2D eigenvalue weighted by Crippen LogP contribution is 2.28. The van der Waals surface area contributed by atoms with E-state index in [0.717, 1.165) is 0 Å². The van der Waals surface area contributed by atoms with Crippen LogP contribution in [0, 0.1) is 11.6 Å². The fourth-order valence-corrected chi connectivity index (χ4v) is 2.37. The third kappa shape index (κ3) is 2.16. The Bertz CT molecular complexity index is 781. The van der Waals surface area contributed by atoms with Gasteiger partial charge in [-0.2, -0.15) is 0 Å². The summed E-state index contributed by atoms with van der Waals surface area (Å²) in [6.07, 6.45) is 0. The molecule has 0 saturated carbocycles. The van der Waals surface area contributed by atoms with Crippen LogP contribution in [-0.2, 0) is 0 Å². The smallest absolute Gasteiger partial charge is 0.132 e. The molecule has 1 aromatic heterocycles. The molecule has 0 amide bonds. The number of halogens is 3. The second-order valence-corrected chi connectivity index (χ2v) is 5.19. The third-order valence-corrected chi connectivity index (χ3v) is 3.26. The average molecular weight is 293 g/mol. The highest BCUT2D eigenvalue weighted by atomic mass is 35.5. The number of benzene rings is 2. The van der Waals surface area contributed by atoms with Gasteiger partial charge in [-0.1, -0.05) is 6.07 Å². The number of alkyl halides is 1. The molecule has 0 saturated heterocycles. The van der Waals surface area contributed by atoms with E-state index in [-0.39, 0.29) is 17.0 Å². The Morgan fingerprint density at radius 2 is 1.85 bits per heavy atom. The zero-order valence-corrected chi connectivity index (χ0v) is 11.4. The zero-order valence-electron chi connectivity index (χ0n) is 10.6. The van der Waals surface area contributed by atoms with Crippen LogP contribution in [-0.4, -0.2) is 9.55 Å². The molecule has 3 rings (SSSR count). The van der Waals surface area contributed by atoms with E-state index >= 15 is 0 Å². The van der Waals surface area contributed by atoms with Crippen molar-refractivity contribution in [3.05, 3.63) is 59.9 Å². The van der Waals surface area contributed by atoms with Gasteiger partial charge in [0, 0.05) is 6.07 Å². The summed E-state index contributed by atoms with van der Waals surface area (Å²) >= 11 is 6.14. The summed E-state index contributed by atoms with van der Waals surface area (Å²) < 4.78 is 28.6. The molecule has 0 aliphatic carbocycles. The second kappa shape index (κ2) is 4.87. The van der Waals surface area contributed by atoms with Gasteiger partial charge >= 0.3 is 0 Å². The molecule has 0 N–H and O–H groups in total. The lowest BCUT2D eigenvalue weighted by molar-refractivity contribution is 0.626. The van der Waals surface area contributed by atoms with E-state index in [1.807, 2.05) is 0 Å². The van der Waals surface area contributed by atoms with Crippen LogP contribution in [0.1, 0.15) is 18.1 Å².